The summed E-state index contributed by atoms with van der Waals surface area (Å²) in [6.07, 6.45) is 2.11. The second kappa shape index (κ2) is 6.33. The van der Waals surface area contributed by atoms with Gasteiger partial charge in [0.15, 0.2) is 5.82 Å². The molecule has 128 valence electrons. The Morgan fingerprint density at radius 3 is 2.80 bits per heavy atom. The van der Waals surface area contributed by atoms with Crippen LogP contribution in [0.15, 0.2) is 42.5 Å². The number of benzene rings is 2. The topological polar surface area (TPSA) is 75.3 Å². The van der Waals surface area contributed by atoms with E-state index >= 15 is 0 Å². The first-order valence-corrected chi connectivity index (χ1v) is 8.69. The van der Waals surface area contributed by atoms with Crippen LogP contribution in [0.25, 0.3) is 22.3 Å². The van der Waals surface area contributed by atoms with Crippen LogP contribution in [0.3, 0.4) is 0 Å². The number of nitrogens with two attached hydrogens (primary N) is 1. The van der Waals surface area contributed by atoms with Gasteiger partial charge in [-0.05, 0) is 49.6 Å². The number of anilines is 1. The van der Waals surface area contributed by atoms with E-state index in [0.717, 1.165) is 48.2 Å². The molecule has 0 amide bonds. The summed E-state index contributed by atoms with van der Waals surface area (Å²) in [5.41, 5.74) is 8.87. The number of phenolic OH excluding ortho intramolecular Hbond substituents is 1. The Balaban J connectivity index is 1.92. The Hall–Kier alpha value is -2.66. The molecule has 1 saturated heterocycles. The van der Waals surface area contributed by atoms with Gasteiger partial charge in [0.1, 0.15) is 11.6 Å². The number of aromatic hydroxyl groups is 1. The Bertz CT molecular complexity index is 925. The summed E-state index contributed by atoms with van der Waals surface area (Å²) in [5, 5.41) is 11.2. The lowest BCUT2D eigenvalue weighted by Crippen LogP contribution is -2.43. The molecule has 0 aliphatic carbocycles. The summed E-state index contributed by atoms with van der Waals surface area (Å²) in [5.74, 6) is 1.64. The highest BCUT2D eigenvalue weighted by molar-refractivity contribution is 5.92. The number of phenols is 1. The molecule has 4 rings (SSSR count). The third-order valence-corrected chi connectivity index (χ3v) is 4.73. The van der Waals surface area contributed by atoms with Gasteiger partial charge in [0.2, 0.25) is 0 Å². The van der Waals surface area contributed by atoms with Crippen LogP contribution in [0.4, 0.5) is 5.82 Å². The molecule has 1 atom stereocenters. The molecule has 0 radical (unpaired) electrons. The minimum Gasteiger partial charge on any atom is -0.507 e. The number of piperidine rings is 1. The molecule has 25 heavy (non-hydrogen) atoms. The summed E-state index contributed by atoms with van der Waals surface area (Å²) in [6.45, 7) is 3.78. The summed E-state index contributed by atoms with van der Waals surface area (Å²) < 4.78 is 0. The van der Waals surface area contributed by atoms with Gasteiger partial charge in [-0.25, -0.2) is 9.97 Å². The maximum absolute atomic E-state index is 10.2. The van der Waals surface area contributed by atoms with Crippen LogP contribution in [0.5, 0.6) is 5.75 Å². The molecule has 2 heterocycles. The van der Waals surface area contributed by atoms with Crippen molar-refractivity contribution >= 4 is 16.7 Å². The van der Waals surface area contributed by atoms with Gasteiger partial charge in [0, 0.05) is 24.5 Å². The van der Waals surface area contributed by atoms with E-state index < -0.39 is 0 Å². The standard InChI is InChI=1S/C20H22N4O/c1-13-8-9-15-17(11-13)22-19(16-6-2-3-7-18(16)25)23-20(15)24-10-4-5-14(21)12-24/h2-3,6-9,11,14,25H,4-5,10,12,21H2,1H3/t14-/m1/s1. The van der Waals surface area contributed by atoms with Crippen LogP contribution in [0.2, 0.25) is 0 Å². The largest absolute Gasteiger partial charge is 0.507 e. The van der Waals surface area contributed by atoms with Crippen LogP contribution < -0.4 is 10.6 Å². The van der Waals surface area contributed by atoms with Crippen molar-refractivity contribution in [2.45, 2.75) is 25.8 Å². The summed E-state index contributed by atoms with van der Waals surface area (Å²) in [6, 6.07) is 13.6. The quantitative estimate of drug-likeness (QED) is 0.752. The number of para-hydroxylation sites is 1. The Labute approximate surface area is 147 Å². The molecule has 3 aromatic rings. The number of nitrogens with zero attached hydrogens (tertiary/aromatic N) is 3. The monoisotopic (exact) mass is 334 g/mol. The third-order valence-electron chi connectivity index (χ3n) is 4.73. The van der Waals surface area contributed by atoms with Crippen molar-refractivity contribution in [1.82, 2.24) is 9.97 Å². The highest BCUT2D eigenvalue weighted by Crippen LogP contribution is 2.32. The van der Waals surface area contributed by atoms with Crippen molar-refractivity contribution in [1.29, 1.82) is 0 Å². The maximum Gasteiger partial charge on any atom is 0.165 e. The molecule has 5 heteroatoms. The SMILES string of the molecule is Cc1ccc2c(N3CCC[C@@H](N)C3)nc(-c3ccccc3O)nc2c1. The number of fused-ring (bicyclic) bond motifs is 1. The van der Waals surface area contributed by atoms with Crippen LogP contribution in [0, 0.1) is 6.92 Å². The molecule has 1 aromatic heterocycles. The number of aromatic nitrogens is 2. The molecule has 0 bridgehead atoms. The lowest BCUT2D eigenvalue weighted by atomic mass is 10.1. The number of rotatable bonds is 2. The van der Waals surface area contributed by atoms with Gasteiger partial charge < -0.3 is 15.7 Å². The van der Waals surface area contributed by atoms with E-state index in [4.69, 9.17) is 15.7 Å². The maximum atomic E-state index is 10.2. The first-order valence-electron chi connectivity index (χ1n) is 8.69. The molecule has 0 saturated carbocycles. The van der Waals surface area contributed by atoms with E-state index in [1.807, 2.05) is 12.1 Å². The summed E-state index contributed by atoms with van der Waals surface area (Å²) in [4.78, 5) is 11.8. The zero-order valence-electron chi connectivity index (χ0n) is 14.3. The molecule has 1 aliphatic rings. The van der Waals surface area contributed by atoms with Crippen LogP contribution >= 0.6 is 0 Å². The average Bonchev–Trinajstić information content (AvgIpc) is 2.61. The average molecular weight is 334 g/mol. The molecule has 3 N–H and O–H groups in total. The van der Waals surface area contributed by atoms with E-state index in [9.17, 15) is 5.11 Å². The van der Waals surface area contributed by atoms with Crippen molar-refractivity contribution in [3.05, 3.63) is 48.0 Å². The van der Waals surface area contributed by atoms with Crippen molar-refractivity contribution in [3.8, 4) is 17.1 Å². The van der Waals surface area contributed by atoms with Crippen LogP contribution in [-0.4, -0.2) is 34.2 Å². The van der Waals surface area contributed by atoms with Gasteiger partial charge in [0.25, 0.3) is 0 Å². The van der Waals surface area contributed by atoms with Crippen molar-refractivity contribution in [2.75, 3.05) is 18.0 Å². The van der Waals surface area contributed by atoms with E-state index in [0.29, 0.717) is 11.4 Å². The molecule has 5 nitrogen and oxygen atoms in total. The van der Waals surface area contributed by atoms with Gasteiger partial charge in [-0.3, -0.25) is 0 Å². The second-order valence-electron chi connectivity index (χ2n) is 6.76. The van der Waals surface area contributed by atoms with Crippen LogP contribution in [-0.2, 0) is 0 Å². The van der Waals surface area contributed by atoms with Gasteiger partial charge in [0.05, 0.1) is 11.1 Å². The molecular formula is C20H22N4O. The normalized spacial score (nSPS) is 17.8. The Morgan fingerprint density at radius 1 is 1.16 bits per heavy atom. The lowest BCUT2D eigenvalue weighted by Gasteiger charge is -2.32. The second-order valence-corrected chi connectivity index (χ2v) is 6.76. The van der Waals surface area contributed by atoms with E-state index in [-0.39, 0.29) is 11.8 Å². The van der Waals surface area contributed by atoms with Gasteiger partial charge in [-0.1, -0.05) is 18.2 Å². The lowest BCUT2D eigenvalue weighted by molar-refractivity contribution is 0.477. The molecule has 2 aromatic carbocycles. The summed E-state index contributed by atoms with van der Waals surface area (Å²) >= 11 is 0. The zero-order chi connectivity index (χ0) is 17.4. The van der Waals surface area contributed by atoms with Gasteiger partial charge in [-0.15, -0.1) is 0 Å². The molecule has 0 unspecified atom stereocenters. The number of hydrogen-bond donors (Lipinski definition) is 2. The van der Waals surface area contributed by atoms with E-state index in [2.05, 4.69) is 30.0 Å². The predicted octanol–water partition coefficient (Wildman–Crippen LogP) is 3.24. The zero-order valence-corrected chi connectivity index (χ0v) is 14.3. The predicted molar refractivity (Wildman–Crippen MR) is 101 cm³/mol. The highest BCUT2D eigenvalue weighted by atomic mass is 16.3. The fraction of sp³-hybridized carbons (Fsp3) is 0.300. The van der Waals surface area contributed by atoms with Gasteiger partial charge in [-0.2, -0.15) is 0 Å². The fourth-order valence-electron chi connectivity index (χ4n) is 3.45. The molecule has 0 spiro atoms. The first-order chi connectivity index (χ1) is 12.1. The first kappa shape index (κ1) is 15.8. The van der Waals surface area contributed by atoms with Crippen LogP contribution in [0.1, 0.15) is 18.4 Å². The number of hydrogen-bond acceptors (Lipinski definition) is 5. The van der Waals surface area contributed by atoms with Gasteiger partial charge >= 0.3 is 0 Å². The molecule has 1 aliphatic heterocycles. The van der Waals surface area contributed by atoms with E-state index in [1.165, 1.54) is 0 Å². The summed E-state index contributed by atoms with van der Waals surface area (Å²) in [7, 11) is 0. The van der Waals surface area contributed by atoms with E-state index in [1.54, 1.807) is 12.1 Å². The fourth-order valence-corrected chi connectivity index (χ4v) is 3.45. The molecular weight excluding hydrogens is 312 g/mol. The van der Waals surface area contributed by atoms with Crippen molar-refractivity contribution in [3.63, 3.8) is 0 Å². The minimum absolute atomic E-state index is 0.165. The van der Waals surface area contributed by atoms with Crippen molar-refractivity contribution < 1.29 is 5.11 Å². The number of aryl methyl sites for hydroxylation is 1. The molecule has 1 fully saturated rings. The smallest absolute Gasteiger partial charge is 0.165 e. The highest BCUT2D eigenvalue weighted by Gasteiger charge is 2.21. The third kappa shape index (κ3) is 3.03. The van der Waals surface area contributed by atoms with Crippen molar-refractivity contribution in [2.24, 2.45) is 5.73 Å². The Kier molecular flexibility index (Phi) is 4.01. The Morgan fingerprint density at radius 2 is 2.00 bits per heavy atom. The minimum atomic E-state index is 0.165.